The molecule has 0 radical (unpaired) electrons. The van der Waals surface area contributed by atoms with Crippen LogP contribution in [0.4, 0.5) is 14.6 Å². The summed E-state index contributed by atoms with van der Waals surface area (Å²) in [5.74, 6) is -1.42. The van der Waals surface area contributed by atoms with E-state index in [1.165, 1.54) is 17.8 Å². The number of rotatable bonds is 7. The maximum atomic E-state index is 14.0. The maximum absolute atomic E-state index is 14.0. The number of aryl methyl sites for hydroxylation is 1. The van der Waals surface area contributed by atoms with Gasteiger partial charge in [0.15, 0.2) is 0 Å². The molecule has 0 bridgehead atoms. The summed E-state index contributed by atoms with van der Waals surface area (Å²) < 4.78 is 28.9. The summed E-state index contributed by atoms with van der Waals surface area (Å²) in [4.78, 5) is 24.4. The second-order valence-electron chi connectivity index (χ2n) is 7.13. The zero-order valence-corrected chi connectivity index (χ0v) is 17.7. The Morgan fingerprint density at radius 3 is 2.55 bits per heavy atom. The topological polar surface area (TPSA) is 76.0 Å². The summed E-state index contributed by atoms with van der Waals surface area (Å²) in [7, 11) is 0. The zero-order valence-electron chi connectivity index (χ0n) is 17.0. The highest BCUT2D eigenvalue weighted by Gasteiger charge is 2.20. The molecule has 0 saturated heterocycles. The highest BCUT2D eigenvalue weighted by atomic mass is 35.5. The summed E-state index contributed by atoms with van der Waals surface area (Å²) in [6, 6.07) is 9.43. The fraction of sp³-hybridized carbons (Fsp3) is 0.227. The molecule has 6 nitrogen and oxygen atoms in total. The molecule has 2 amide bonds. The lowest BCUT2D eigenvalue weighted by molar-refractivity contribution is -0.120. The van der Waals surface area contributed by atoms with E-state index in [1.807, 2.05) is 0 Å². The fourth-order valence-electron chi connectivity index (χ4n) is 3.15. The molecule has 0 aliphatic rings. The van der Waals surface area contributed by atoms with Crippen LogP contribution in [0.25, 0.3) is 0 Å². The SMILES string of the molecule is CC(=O)NC(CC(=O)Nc1c(C)cnn1Cc1cc(F)ccc1F)c1ccc(Cl)cc1. The lowest BCUT2D eigenvalue weighted by atomic mass is 10.0. The van der Waals surface area contributed by atoms with Crippen LogP contribution in [0.15, 0.2) is 48.7 Å². The van der Waals surface area contributed by atoms with Crippen molar-refractivity contribution in [3.8, 4) is 0 Å². The first-order valence-electron chi connectivity index (χ1n) is 9.51. The first kappa shape index (κ1) is 22.4. The van der Waals surface area contributed by atoms with Gasteiger partial charge in [-0.2, -0.15) is 5.10 Å². The largest absolute Gasteiger partial charge is 0.349 e. The zero-order chi connectivity index (χ0) is 22.5. The predicted molar refractivity (Wildman–Crippen MR) is 114 cm³/mol. The lowest BCUT2D eigenvalue weighted by Crippen LogP contribution is -2.30. The molecular formula is C22H21ClF2N4O2. The van der Waals surface area contributed by atoms with Crippen LogP contribution in [0.1, 0.15) is 36.1 Å². The first-order chi connectivity index (χ1) is 14.7. The van der Waals surface area contributed by atoms with Crippen molar-refractivity contribution in [3.05, 3.63) is 82.0 Å². The fourth-order valence-corrected chi connectivity index (χ4v) is 3.27. The van der Waals surface area contributed by atoms with Crippen molar-refractivity contribution >= 4 is 29.2 Å². The van der Waals surface area contributed by atoms with Gasteiger partial charge in [0.05, 0.1) is 25.2 Å². The van der Waals surface area contributed by atoms with Crippen LogP contribution in [-0.2, 0) is 16.1 Å². The molecule has 3 rings (SSSR count). The van der Waals surface area contributed by atoms with Gasteiger partial charge >= 0.3 is 0 Å². The first-order valence-corrected chi connectivity index (χ1v) is 9.89. The molecule has 1 unspecified atom stereocenters. The van der Waals surface area contributed by atoms with E-state index in [0.717, 1.165) is 23.8 Å². The van der Waals surface area contributed by atoms with Gasteiger partial charge in [-0.05, 0) is 42.8 Å². The Balaban J connectivity index is 1.77. The third-order valence-corrected chi connectivity index (χ3v) is 4.90. The Kier molecular flexibility index (Phi) is 7.02. The van der Waals surface area contributed by atoms with Crippen LogP contribution in [-0.4, -0.2) is 21.6 Å². The summed E-state index contributed by atoms with van der Waals surface area (Å²) in [5.41, 5.74) is 1.49. The van der Waals surface area contributed by atoms with E-state index in [0.29, 0.717) is 16.4 Å². The number of halogens is 3. The second-order valence-corrected chi connectivity index (χ2v) is 7.56. The smallest absolute Gasteiger partial charge is 0.227 e. The third kappa shape index (κ3) is 5.88. The number of anilines is 1. The Hall–Kier alpha value is -3.26. The Morgan fingerprint density at radius 2 is 1.87 bits per heavy atom. The Bertz CT molecular complexity index is 1100. The molecule has 1 aromatic heterocycles. The summed E-state index contributed by atoms with van der Waals surface area (Å²) in [5, 5.41) is 10.2. The molecule has 2 N–H and O–H groups in total. The van der Waals surface area contributed by atoms with Gasteiger partial charge in [0.1, 0.15) is 17.5 Å². The summed E-state index contributed by atoms with van der Waals surface area (Å²) >= 11 is 5.92. The van der Waals surface area contributed by atoms with Crippen molar-refractivity contribution in [1.82, 2.24) is 15.1 Å². The standard InChI is InChI=1S/C22H21ClF2N4O2/c1-13-11-26-29(12-16-9-18(24)7-8-19(16)25)22(13)28-21(31)10-20(27-14(2)30)15-3-5-17(23)6-4-15/h3-9,11,20H,10,12H2,1-2H3,(H,27,30)(H,28,31). The van der Waals surface area contributed by atoms with E-state index in [-0.39, 0.29) is 30.3 Å². The molecule has 1 heterocycles. The maximum Gasteiger partial charge on any atom is 0.227 e. The van der Waals surface area contributed by atoms with Gasteiger partial charge in [0.25, 0.3) is 0 Å². The number of nitrogens with zero attached hydrogens (tertiary/aromatic N) is 2. The molecule has 0 fully saturated rings. The number of hydrogen-bond acceptors (Lipinski definition) is 3. The summed E-state index contributed by atoms with van der Waals surface area (Å²) in [6.45, 7) is 3.05. The normalized spacial score (nSPS) is 11.8. The summed E-state index contributed by atoms with van der Waals surface area (Å²) in [6.07, 6.45) is 1.48. The number of carbonyl (C=O) groups is 2. The van der Waals surface area contributed by atoms with E-state index in [2.05, 4.69) is 15.7 Å². The molecule has 162 valence electrons. The molecule has 31 heavy (non-hydrogen) atoms. The van der Waals surface area contributed by atoms with Gasteiger partial charge in [-0.1, -0.05) is 23.7 Å². The van der Waals surface area contributed by atoms with Crippen LogP contribution in [0.2, 0.25) is 5.02 Å². The van der Waals surface area contributed by atoms with Crippen LogP contribution in [0, 0.1) is 18.6 Å². The van der Waals surface area contributed by atoms with E-state index in [9.17, 15) is 18.4 Å². The lowest BCUT2D eigenvalue weighted by Gasteiger charge is -2.19. The highest BCUT2D eigenvalue weighted by molar-refractivity contribution is 6.30. The average molecular weight is 447 g/mol. The number of hydrogen-bond donors (Lipinski definition) is 2. The molecule has 2 aromatic carbocycles. The van der Waals surface area contributed by atoms with Gasteiger partial charge in [-0.3, -0.25) is 9.59 Å². The molecular weight excluding hydrogens is 426 g/mol. The Morgan fingerprint density at radius 1 is 1.16 bits per heavy atom. The molecule has 3 aromatic rings. The van der Waals surface area contributed by atoms with Crippen LogP contribution in [0.5, 0.6) is 0 Å². The number of aromatic nitrogens is 2. The quantitative estimate of drug-likeness (QED) is 0.565. The van der Waals surface area contributed by atoms with Crippen LogP contribution in [0.3, 0.4) is 0 Å². The number of amides is 2. The van der Waals surface area contributed by atoms with Crippen LogP contribution < -0.4 is 10.6 Å². The Labute approximate surface area is 183 Å². The van der Waals surface area contributed by atoms with Gasteiger partial charge in [0.2, 0.25) is 11.8 Å². The van der Waals surface area contributed by atoms with Crippen molar-refractivity contribution in [2.45, 2.75) is 32.9 Å². The minimum atomic E-state index is -0.569. The monoisotopic (exact) mass is 446 g/mol. The van der Waals surface area contributed by atoms with Crippen LogP contribution >= 0.6 is 11.6 Å². The van der Waals surface area contributed by atoms with E-state index in [4.69, 9.17) is 11.6 Å². The molecule has 9 heteroatoms. The van der Waals surface area contributed by atoms with Crippen molar-refractivity contribution in [2.75, 3.05) is 5.32 Å². The predicted octanol–water partition coefficient (Wildman–Crippen LogP) is 4.38. The molecule has 0 aliphatic carbocycles. The van der Waals surface area contributed by atoms with Gasteiger partial charge in [-0.25, -0.2) is 13.5 Å². The second kappa shape index (κ2) is 9.70. The third-order valence-electron chi connectivity index (χ3n) is 4.65. The number of nitrogens with one attached hydrogen (secondary N) is 2. The van der Waals surface area contributed by atoms with Crippen molar-refractivity contribution in [1.29, 1.82) is 0 Å². The van der Waals surface area contributed by atoms with Gasteiger partial charge < -0.3 is 10.6 Å². The van der Waals surface area contributed by atoms with E-state index in [1.54, 1.807) is 31.2 Å². The average Bonchev–Trinajstić information content (AvgIpc) is 3.04. The van der Waals surface area contributed by atoms with Crippen molar-refractivity contribution in [2.24, 2.45) is 0 Å². The van der Waals surface area contributed by atoms with Crippen molar-refractivity contribution in [3.63, 3.8) is 0 Å². The number of benzene rings is 2. The number of carbonyl (C=O) groups excluding carboxylic acids is 2. The van der Waals surface area contributed by atoms with Gasteiger partial charge in [0, 0.05) is 23.1 Å². The molecule has 1 atom stereocenters. The minimum absolute atomic E-state index is 0.0415. The molecule has 0 spiro atoms. The van der Waals surface area contributed by atoms with Crippen molar-refractivity contribution < 1.29 is 18.4 Å². The van der Waals surface area contributed by atoms with E-state index >= 15 is 0 Å². The van der Waals surface area contributed by atoms with E-state index < -0.39 is 17.7 Å². The molecule has 0 saturated carbocycles. The van der Waals surface area contributed by atoms with Gasteiger partial charge in [-0.15, -0.1) is 0 Å². The highest BCUT2D eigenvalue weighted by Crippen LogP contribution is 2.22. The molecule has 0 aliphatic heterocycles. The minimum Gasteiger partial charge on any atom is -0.349 e.